The van der Waals surface area contributed by atoms with Crippen LogP contribution in [0, 0.1) is 5.41 Å². The molecule has 1 aromatic carbocycles. The van der Waals surface area contributed by atoms with E-state index in [4.69, 9.17) is 15.9 Å². The first-order chi connectivity index (χ1) is 10.8. The average Bonchev–Trinajstić information content (AvgIpc) is 2.53. The fourth-order valence-corrected chi connectivity index (χ4v) is 2.59. The van der Waals surface area contributed by atoms with Crippen molar-refractivity contribution in [1.82, 2.24) is 0 Å². The summed E-state index contributed by atoms with van der Waals surface area (Å²) in [5.74, 6) is 0.796. The van der Waals surface area contributed by atoms with Gasteiger partial charge >= 0.3 is 0 Å². The third kappa shape index (κ3) is 8.06. The molecule has 1 aromatic rings. The molecule has 0 saturated carbocycles. The number of unbranched alkanes of at least 4 members (excludes halogenated alkanes) is 9. The van der Waals surface area contributed by atoms with Crippen molar-refractivity contribution in [3.8, 4) is 5.75 Å². The highest BCUT2D eigenvalue weighted by molar-refractivity contribution is 5.97. The predicted octanol–water partition coefficient (Wildman–Crippen LogP) is 5.27. The zero-order valence-corrected chi connectivity index (χ0v) is 14.1. The second kappa shape index (κ2) is 12.1. The van der Waals surface area contributed by atoms with E-state index in [0.717, 1.165) is 12.2 Å². The first-order valence-electron chi connectivity index (χ1n) is 8.82. The Balaban J connectivity index is 2.01. The normalized spacial score (nSPS) is 10.6. The van der Waals surface area contributed by atoms with E-state index < -0.39 is 0 Å². The molecule has 0 aliphatic heterocycles. The number of hydrogen-bond donors (Lipinski definition) is 2. The molecule has 1 rings (SSSR count). The first kappa shape index (κ1) is 18.5. The van der Waals surface area contributed by atoms with Gasteiger partial charge < -0.3 is 10.5 Å². The van der Waals surface area contributed by atoms with E-state index in [1.807, 2.05) is 24.3 Å². The van der Waals surface area contributed by atoms with Crippen LogP contribution < -0.4 is 10.5 Å². The van der Waals surface area contributed by atoms with Crippen LogP contribution in [-0.2, 0) is 0 Å². The SMILES string of the molecule is CCCCCCCCCCCCOc1ccccc1C(=N)N. The lowest BCUT2D eigenvalue weighted by molar-refractivity contribution is 0.303. The van der Waals surface area contributed by atoms with E-state index in [0.29, 0.717) is 12.2 Å². The van der Waals surface area contributed by atoms with Crippen molar-refractivity contribution in [3.63, 3.8) is 0 Å². The molecular formula is C19H32N2O. The minimum Gasteiger partial charge on any atom is -0.493 e. The summed E-state index contributed by atoms with van der Waals surface area (Å²) >= 11 is 0. The summed E-state index contributed by atoms with van der Waals surface area (Å²) in [6.07, 6.45) is 13.2. The number of amidine groups is 1. The molecule has 3 N–H and O–H groups in total. The summed E-state index contributed by atoms with van der Waals surface area (Å²) in [6, 6.07) is 7.51. The van der Waals surface area contributed by atoms with Crippen molar-refractivity contribution in [1.29, 1.82) is 5.41 Å². The molecule has 0 aromatic heterocycles. The molecule has 0 aliphatic carbocycles. The summed E-state index contributed by atoms with van der Waals surface area (Å²) in [7, 11) is 0. The van der Waals surface area contributed by atoms with Gasteiger partial charge in [-0.25, -0.2) is 0 Å². The topological polar surface area (TPSA) is 59.1 Å². The van der Waals surface area contributed by atoms with Crippen LogP contribution in [0.5, 0.6) is 5.75 Å². The van der Waals surface area contributed by atoms with E-state index in [9.17, 15) is 0 Å². The van der Waals surface area contributed by atoms with Crippen molar-refractivity contribution in [3.05, 3.63) is 29.8 Å². The molecule has 0 amide bonds. The van der Waals surface area contributed by atoms with E-state index in [1.165, 1.54) is 57.8 Å². The fourth-order valence-electron chi connectivity index (χ4n) is 2.59. The zero-order chi connectivity index (χ0) is 16.0. The number of nitrogen functional groups attached to an aromatic ring is 1. The fraction of sp³-hybridized carbons (Fsp3) is 0.632. The number of para-hydroxylation sites is 1. The van der Waals surface area contributed by atoms with Crippen molar-refractivity contribution in [2.45, 2.75) is 71.1 Å². The summed E-state index contributed by atoms with van der Waals surface area (Å²) in [5, 5.41) is 7.53. The predicted molar refractivity (Wildman–Crippen MR) is 94.8 cm³/mol. The molecule has 0 fully saturated rings. The number of hydrogen-bond acceptors (Lipinski definition) is 2. The Hall–Kier alpha value is -1.51. The second-order valence-corrected chi connectivity index (χ2v) is 5.94. The highest BCUT2D eigenvalue weighted by atomic mass is 16.5. The van der Waals surface area contributed by atoms with Gasteiger partial charge in [0.2, 0.25) is 0 Å². The Kier molecular flexibility index (Phi) is 10.2. The van der Waals surface area contributed by atoms with Crippen LogP contribution in [-0.4, -0.2) is 12.4 Å². The van der Waals surface area contributed by atoms with Gasteiger partial charge in [0, 0.05) is 0 Å². The molecule has 0 saturated heterocycles. The van der Waals surface area contributed by atoms with E-state index in [-0.39, 0.29) is 5.84 Å². The number of nitrogens with one attached hydrogen (secondary N) is 1. The minimum atomic E-state index is 0.0682. The van der Waals surface area contributed by atoms with Crippen molar-refractivity contribution >= 4 is 5.84 Å². The van der Waals surface area contributed by atoms with Gasteiger partial charge in [0.05, 0.1) is 12.2 Å². The highest BCUT2D eigenvalue weighted by Crippen LogP contribution is 2.18. The lowest BCUT2D eigenvalue weighted by atomic mass is 10.1. The molecule has 124 valence electrons. The van der Waals surface area contributed by atoms with Gasteiger partial charge in [-0.1, -0.05) is 76.8 Å². The number of rotatable bonds is 13. The van der Waals surface area contributed by atoms with Crippen LogP contribution in [0.1, 0.15) is 76.7 Å². The maximum absolute atomic E-state index is 7.53. The van der Waals surface area contributed by atoms with Crippen LogP contribution in [0.2, 0.25) is 0 Å². The summed E-state index contributed by atoms with van der Waals surface area (Å²) in [4.78, 5) is 0. The number of nitrogens with two attached hydrogens (primary N) is 1. The Morgan fingerprint density at radius 1 is 0.909 bits per heavy atom. The van der Waals surface area contributed by atoms with Gasteiger partial charge in [-0.3, -0.25) is 5.41 Å². The quantitative estimate of drug-likeness (QED) is 0.296. The van der Waals surface area contributed by atoms with Crippen LogP contribution in [0.4, 0.5) is 0 Å². The first-order valence-corrected chi connectivity index (χ1v) is 8.82. The molecule has 22 heavy (non-hydrogen) atoms. The standard InChI is InChI=1S/C19H32N2O/c1-2-3-4-5-6-7-8-9-10-13-16-22-18-15-12-11-14-17(18)19(20)21/h11-12,14-15H,2-10,13,16H2,1H3,(H3,20,21). The Morgan fingerprint density at radius 3 is 2.05 bits per heavy atom. The van der Waals surface area contributed by atoms with E-state index in [2.05, 4.69) is 6.92 Å². The molecule has 0 atom stereocenters. The molecule has 3 nitrogen and oxygen atoms in total. The maximum atomic E-state index is 7.53. The largest absolute Gasteiger partial charge is 0.493 e. The van der Waals surface area contributed by atoms with Crippen molar-refractivity contribution in [2.75, 3.05) is 6.61 Å². The van der Waals surface area contributed by atoms with Gasteiger partial charge in [-0.05, 0) is 18.6 Å². The molecule has 0 aliphatic rings. The number of benzene rings is 1. The molecular weight excluding hydrogens is 272 g/mol. The van der Waals surface area contributed by atoms with Crippen LogP contribution in [0.3, 0.4) is 0 Å². The molecule has 0 heterocycles. The molecule has 0 bridgehead atoms. The summed E-state index contributed by atoms with van der Waals surface area (Å²) in [6.45, 7) is 2.97. The van der Waals surface area contributed by atoms with Crippen molar-refractivity contribution in [2.24, 2.45) is 5.73 Å². The lowest BCUT2D eigenvalue weighted by Crippen LogP contribution is -2.13. The van der Waals surface area contributed by atoms with Gasteiger partial charge in [-0.2, -0.15) is 0 Å². The third-order valence-electron chi connectivity index (χ3n) is 3.93. The molecule has 0 unspecified atom stereocenters. The van der Waals surface area contributed by atoms with Crippen molar-refractivity contribution < 1.29 is 4.74 Å². The van der Waals surface area contributed by atoms with Gasteiger partial charge in [-0.15, -0.1) is 0 Å². The Bertz CT molecular complexity index is 418. The third-order valence-corrected chi connectivity index (χ3v) is 3.93. The Labute approximate surface area is 135 Å². The zero-order valence-electron chi connectivity index (χ0n) is 14.1. The Morgan fingerprint density at radius 2 is 1.45 bits per heavy atom. The van der Waals surface area contributed by atoms with E-state index in [1.54, 1.807) is 0 Å². The average molecular weight is 304 g/mol. The van der Waals surface area contributed by atoms with Gasteiger partial charge in [0.15, 0.2) is 0 Å². The van der Waals surface area contributed by atoms with Crippen LogP contribution in [0.15, 0.2) is 24.3 Å². The van der Waals surface area contributed by atoms with Crippen LogP contribution >= 0.6 is 0 Å². The number of ether oxygens (including phenoxy) is 1. The summed E-state index contributed by atoms with van der Waals surface area (Å²) in [5.41, 5.74) is 6.24. The van der Waals surface area contributed by atoms with Gasteiger partial charge in [0.1, 0.15) is 11.6 Å². The molecule has 0 spiro atoms. The highest BCUT2D eigenvalue weighted by Gasteiger charge is 2.04. The summed E-state index contributed by atoms with van der Waals surface area (Å²) < 4.78 is 5.75. The monoisotopic (exact) mass is 304 g/mol. The second-order valence-electron chi connectivity index (χ2n) is 5.94. The minimum absolute atomic E-state index is 0.0682. The van der Waals surface area contributed by atoms with E-state index >= 15 is 0 Å². The smallest absolute Gasteiger partial charge is 0.130 e. The lowest BCUT2D eigenvalue weighted by Gasteiger charge is -2.10. The maximum Gasteiger partial charge on any atom is 0.130 e. The van der Waals surface area contributed by atoms with Crippen LogP contribution in [0.25, 0.3) is 0 Å². The molecule has 0 radical (unpaired) electrons. The molecule has 3 heteroatoms. The van der Waals surface area contributed by atoms with Gasteiger partial charge in [0.25, 0.3) is 0 Å².